The highest BCUT2D eigenvalue weighted by atomic mass is 32.2. The number of nitrogens with zero attached hydrogens (tertiary/aromatic N) is 2. The maximum Gasteiger partial charge on any atom is 0.213 e. The molecule has 0 amide bonds. The van der Waals surface area contributed by atoms with E-state index < -0.39 is 10.0 Å². The van der Waals surface area contributed by atoms with Crippen molar-refractivity contribution in [3.05, 3.63) is 29.8 Å². The molecule has 2 aliphatic heterocycles. The third-order valence-electron chi connectivity index (χ3n) is 5.88. The molecular weight excluding hydrogens is 360 g/mol. The Bertz CT molecular complexity index is 692. The van der Waals surface area contributed by atoms with Crippen LogP contribution in [0, 0.1) is 0 Å². The molecule has 1 fully saturated rings. The van der Waals surface area contributed by atoms with Gasteiger partial charge in [0.15, 0.2) is 0 Å². The summed E-state index contributed by atoms with van der Waals surface area (Å²) in [6.07, 6.45) is 8.14. The first-order valence-electron chi connectivity index (χ1n) is 10.5. The van der Waals surface area contributed by atoms with Crippen molar-refractivity contribution in [2.45, 2.75) is 57.9 Å². The van der Waals surface area contributed by atoms with Gasteiger partial charge in [0.1, 0.15) is 12.4 Å². The first-order chi connectivity index (χ1) is 13.1. The monoisotopic (exact) mass is 394 g/mol. The zero-order chi connectivity index (χ0) is 19.1. The van der Waals surface area contributed by atoms with E-state index in [-0.39, 0.29) is 5.75 Å². The Balaban J connectivity index is 1.74. The van der Waals surface area contributed by atoms with Gasteiger partial charge in [-0.1, -0.05) is 18.6 Å². The van der Waals surface area contributed by atoms with Crippen LogP contribution in [-0.4, -0.2) is 62.2 Å². The lowest BCUT2D eigenvalue weighted by Gasteiger charge is -2.36. The number of hydrogen-bond acceptors (Lipinski definition) is 4. The Hall–Kier alpha value is -1.11. The lowest BCUT2D eigenvalue weighted by Crippen LogP contribution is -2.41. The zero-order valence-corrected chi connectivity index (χ0v) is 17.4. The molecule has 2 bridgehead atoms. The summed E-state index contributed by atoms with van der Waals surface area (Å²) in [5, 5.41) is 0. The second-order valence-corrected chi connectivity index (χ2v) is 9.98. The summed E-state index contributed by atoms with van der Waals surface area (Å²) in [7, 11) is -3.19. The molecule has 0 N–H and O–H groups in total. The summed E-state index contributed by atoms with van der Waals surface area (Å²) in [5.74, 6) is 0.994. The van der Waals surface area contributed by atoms with E-state index in [1.165, 1.54) is 37.8 Å². The molecule has 1 atom stereocenters. The van der Waals surface area contributed by atoms with E-state index in [2.05, 4.69) is 17.0 Å². The molecule has 0 aromatic heterocycles. The molecule has 2 heterocycles. The van der Waals surface area contributed by atoms with Gasteiger partial charge < -0.3 is 9.64 Å². The average Bonchev–Trinajstić information content (AvgIpc) is 2.69. The predicted octanol–water partition coefficient (Wildman–Crippen LogP) is 3.30. The molecule has 27 heavy (non-hydrogen) atoms. The molecule has 0 radical (unpaired) electrons. The quantitative estimate of drug-likeness (QED) is 0.772. The normalized spacial score (nSPS) is 24.3. The average molecular weight is 395 g/mol. The maximum absolute atomic E-state index is 12.4. The summed E-state index contributed by atoms with van der Waals surface area (Å²) in [6.45, 7) is 5.40. The second kappa shape index (κ2) is 9.89. The van der Waals surface area contributed by atoms with Crippen LogP contribution in [0.2, 0.25) is 0 Å². The van der Waals surface area contributed by atoms with Crippen LogP contribution in [0.15, 0.2) is 24.3 Å². The van der Waals surface area contributed by atoms with Gasteiger partial charge in [-0.05, 0) is 76.2 Å². The van der Waals surface area contributed by atoms with Crippen molar-refractivity contribution in [2.75, 3.05) is 38.5 Å². The lowest BCUT2D eigenvalue weighted by atomic mass is 9.95. The first kappa shape index (κ1) is 20.6. The van der Waals surface area contributed by atoms with E-state index in [9.17, 15) is 8.42 Å². The summed E-state index contributed by atoms with van der Waals surface area (Å²) in [4.78, 5) is 2.64. The van der Waals surface area contributed by atoms with E-state index in [0.717, 1.165) is 31.6 Å². The van der Waals surface area contributed by atoms with Crippen LogP contribution in [0.5, 0.6) is 5.75 Å². The van der Waals surface area contributed by atoms with Crippen molar-refractivity contribution in [2.24, 2.45) is 0 Å². The minimum atomic E-state index is -3.19. The molecule has 2 aliphatic rings. The smallest absolute Gasteiger partial charge is 0.213 e. The topological polar surface area (TPSA) is 49.9 Å². The van der Waals surface area contributed by atoms with Gasteiger partial charge in [-0.25, -0.2) is 8.42 Å². The lowest BCUT2D eigenvalue weighted by molar-refractivity contribution is 0.137. The van der Waals surface area contributed by atoms with Gasteiger partial charge >= 0.3 is 0 Å². The van der Waals surface area contributed by atoms with Crippen LogP contribution in [0.4, 0.5) is 0 Å². The van der Waals surface area contributed by atoms with Gasteiger partial charge in [0.05, 0.1) is 5.75 Å². The number of ether oxygens (including phenoxy) is 1. The molecule has 1 aromatic rings. The Morgan fingerprint density at radius 2 is 1.81 bits per heavy atom. The Morgan fingerprint density at radius 1 is 1.04 bits per heavy atom. The van der Waals surface area contributed by atoms with Crippen molar-refractivity contribution in [3.8, 4) is 5.75 Å². The highest BCUT2D eigenvalue weighted by Crippen LogP contribution is 2.23. The zero-order valence-electron chi connectivity index (χ0n) is 16.6. The van der Waals surface area contributed by atoms with E-state index >= 15 is 0 Å². The number of fused-ring (bicyclic) bond motifs is 3. The largest absolute Gasteiger partial charge is 0.492 e. The third-order valence-corrected chi connectivity index (χ3v) is 7.77. The molecule has 0 saturated carbocycles. The number of piperidine rings is 1. The van der Waals surface area contributed by atoms with Gasteiger partial charge in [0, 0.05) is 19.1 Å². The Morgan fingerprint density at radius 3 is 2.63 bits per heavy atom. The van der Waals surface area contributed by atoms with Crippen LogP contribution in [-0.2, 0) is 16.4 Å². The summed E-state index contributed by atoms with van der Waals surface area (Å²) < 4.78 is 32.3. The first-order valence-corrected chi connectivity index (χ1v) is 12.1. The van der Waals surface area contributed by atoms with E-state index in [4.69, 9.17) is 4.74 Å². The van der Waals surface area contributed by atoms with E-state index in [1.54, 1.807) is 11.2 Å². The van der Waals surface area contributed by atoms with Gasteiger partial charge in [-0.2, -0.15) is 4.31 Å². The number of hydrogen-bond donors (Lipinski definition) is 0. The number of benzene rings is 1. The fourth-order valence-corrected chi connectivity index (χ4v) is 5.37. The van der Waals surface area contributed by atoms with Crippen molar-refractivity contribution in [3.63, 3.8) is 0 Å². The minimum Gasteiger partial charge on any atom is -0.492 e. The molecule has 1 unspecified atom stereocenters. The van der Waals surface area contributed by atoms with Crippen LogP contribution < -0.4 is 4.74 Å². The van der Waals surface area contributed by atoms with Gasteiger partial charge in [0.25, 0.3) is 0 Å². The summed E-state index contributed by atoms with van der Waals surface area (Å²) in [6, 6.07) is 8.95. The summed E-state index contributed by atoms with van der Waals surface area (Å²) in [5.41, 5.74) is 1.31. The second-order valence-electron chi connectivity index (χ2n) is 7.73. The third kappa shape index (κ3) is 5.93. The molecule has 6 heteroatoms. The van der Waals surface area contributed by atoms with Crippen molar-refractivity contribution in [1.29, 1.82) is 0 Å². The molecule has 3 rings (SSSR count). The van der Waals surface area contributed by atoms with Crippen molar-refractivity contribution in [1.82, 2.24) is 9.21 Å². The van der Waals surface area contributed by atoms with E-state index in [1.807, 2.05) is 12.1 Å². The molecule has 1 saturated heterocycles. The molecule has 1 aromatic carbocycles. The highest BCUT2D eigenvalue weighted by molar-refractivity contribution is 7.89. The highest BCUT2D eigenvalue weighted by Gasteiger charge is 2.23. The molecule has 0 aliphatic carbocycles. The fraction of sp³-hybridized carbons (Fsp3) is 0.714. The van der Waals surface area contributed by atoms with Crippen LogP contribution in [0.1, 0.15) is 51.0 Å². The van der Waals surface area contributed by atoms with Crippen LogP contribution >= 0.6 is 0 Å². The maximum atomic E-state index is 12.4. The standard InChI is InChI=1S/C21H34N2O3S/c1-2-27(24,25)23-15-6-5-14-22-13-4-3-9-20(22)12-11-19-8-7-10-21(18-19)26-17-16-23/h7-8,10,18,20H,2-6,9,11-17H2,1H3. The number of aryl methyl sites for hydroxylation is 1. The van der Waals surface area contributed by atoms with Crippen LogP contribution in [0.3, 0.4) is 0 Å². The van der Waals surface area contributed by atoms with Crippen molar-refractivity contribution >= 4 is 10.0 Å². The number of sulfonamides is 1. The fourth-order valence-electron chi connectivity index (χ4n) is 4.25. The van der Waals surface area contributed by atoms with Crippen molar-refractivity contribution < 1.29 is 13.2 Å². The van der Waals surface area contributed by atoms with Gasteiger partial charge in [-0.15, -0.1) is 0 Å². The predicted molar refractivity (Wildman–Crippen MR) is 110 cm³/mol. The minimum absolute atomic E-state index is 0.149. The summed E-state index contributed by atoms with van der Waals surface area (Å²) >= 11 is 0. The molecule has 5 nitrogen and oxygen atoms in total. The van der Waals surface area contributed by atoms with Gasteiger partial charge in [0.2, 0.25) is 10.0 Å². The molecular formula is C21H34N2O3S. The SMILES string of the molecule is CCS(=O)(=O)N1CCCCN2CCCCC2CCc2cccc(c2)OCC1. The number of rotatable bonds is 2. The molecule has 0 spiro atoms. The molecule has 152 valence electrons. The Labute approximate surface area is 164 Å². The van der Waals surface area contributed by atoms with Gasteiger partial charge in [-0.3, -0.25) is 0 Å². The van der Waals surface area contributed by atoms with E-state index in [0.29, 0.717) is 25.7 Å². The van der Waals surface area contributed by atoms with Crippen LogP contribution in [0.25, 0.3) is 0 Å². The Kier molecular flexibility index (Phi) is 7.56.